The van der Waals surface area contributed by atoms with Gasteiger partial charge in [-0.3, -0.25) is 0 Å². The average Bonchev–Trinajstić information content (AvgIpc) is 2.94. The molecule has 1 fully saturated rings. The summed E-state index contributed by atoms with van der Waals surface area (Å²) in [4.78, 5) is 2.26. The van der Waals surface area contributed by atoms with Crippen LogP contribution in [0.1, 0.15) is 64.5 Å². The lowest BCUT2D eigenvalue weighted by Crippen LogP contribution is -2.35. The molecule has 1 aromatic rings. The third-order valence-electron chi connectivity index (χ3n) is 4.48. The third-order valence-corrected chi connectivity index (χ3v) is 4.48. The van der Waals surface area contributed by atoms with Gasteiger partial charge in [-0.25, -0.2) is 4.39 Å². The van der Waals surface area contributed by atoms with E-state index < -0.39 is 6.10 Å². The summed E-state index contributed by atoms with van der Waals surface area (Å²) < 4.78 is 14.5. The molecule has 0 aromatic heterocycles. The summed E-state index contributed by atoms with van der Waals surface area (Å²) in [6, 6.07) is 5.64. The molecule has 0 saturated heterocycles. The highest BCUT2D eigenvalue weighted by Gasteiger charge is 2.25. The third kappa shape index (κ3) is 4.19. The summed E-state index contributed by atoms with van der Waals surface area (Å²) in [5.41, 5.74) is 1.35. The van der Waals surface area contributed by atoms with E-state index in [0.29, 0.717) is 23.2 Å². The van der Waals surface area contributed by atoms with E-state index in [1.54, 1.807) is 6.92 Å². The minimum Gasteiger partial charge on any atom is -0.389 e. The first-order chi connectivity index (χ1) is 9.99. The summed E-state index contributed by atoms with van der Waals surface area (Å²) in [5, 5.41) is 9.59. The number of nitrogens with zero attached hydrogens (tertiary/aromatic N) is 1. The first kappa shape index (κ1) is 16.3. The SMILES string of the molecule is CC(C)CCN(c1ccc([C@@H](C)O)cc1F)C1CCCC1. The molecular formula is C18H28FNO. The second-order valence-electron chi connectivity index (χ2n) is 6.70. The molecule has 0 bridgehead atoms. The number of benzene rings is 1. The van der Waals surface area contributed by atoms with Crippen molar-refractivity contribution in [1.82, 2.24) is 0 Å². The topological polar surface area (TPSA) is 23.5 Å². The van der Waals surface area contributed by atoms with Crippen LogP contribution in [0.2, 0.25) is 0 Å². The molecule has 1 aliphatic carbocycles. The quantitative estimate of drug-likeness (QED) is 0.823. The van der Waals surface area contributed by atoms with Gasteiger partial charge in [0, 0.05) is 12.6 Å². The lowest BCUT2D eigenvalue weighted by Gasteiger charge is -2.32. The fraction of sp³-hybridized carbons (Fsp3) is 0.667. The van der Waals surface area contributed by atoms with Crippen molar-refractivity contribution >= 4 is 5.69 Å². The van der Waals surface area contributed by atoms with Gasteiger partial charge in [0.1, 0.15) is 5.82 Å². The molecule has 0 aliphatic heterocycles. The lowest BCUT2D eigenvalue weighted by atomic mass is 10.1. The first-order valence-corrected chi connectivity index (χ1v) is 8.23. The van der Waals surface area contributed by atoms with Crippen LogP contribution in [0, 0.1) is 11.7 Å². The van der Waals surface area contributed by atoms with Crippen LogP contribution in [-0.4, -0.2) is 17.7 Å². The minimum atomic E-state index is -0.621. The van der Waals surface area contributed by atoms with Crippen molar-refractivity contribution in [1.29, 1.82) is 0 Å². The molecular weight excluding hydrogens is 265 g/mol. The molecule has 0 spiro atoms. The molecule has 2 rings (SSSR count). The zero-order valence-corrected chi connectivity index (χ0v) is 13.5. The van der Waals surface area contributed by atoms with Crippen LogP contribution in [0.15, 0.2) is 18.2 Å². The van der Waals surface area contributed by atoms with E-state index in [2.05, 4.69) is 18.7 Å². The molecule has 21 heavy (non-hydrogen) atoms. The Morgan fingerprint density at radius 3 is 2.43 bits per heavy atom. The largest absolute Gasteiger partial charge is 0.389 e. The van der Waals surface area contributed by atoms with E-state index in [0.717, 1.165) is 25.8 Å². The first-order valence-electron chi connectivity index (χ1n) is 8.23. The van der Waals surface area contributed by atoms with Gasteiger partial charge in [0.15, 0.2) is 0 Å². The molecule has 0 radical (unpaired) electrons. The maximum atomic E-state index is 14.5. The van der Waals surface area contributed by atoms with Crippen molar-refractivity contribution in [2.24, 2.45) is 5.92 Å². The number of anilines is 1. The molecule has 0 amide bonds. The molecule has 1 aliphatic rings. The van der Waals surface area contributed by atoms with Crippen molar-refractivity contribution in [3.8, 4) is 0 Å². The molecule has 1 aromatic carbocycles. The minimum absolute atomic E-state index is 0.205. The standard InChI is InChI=1S/C18H28FNO/c1-13(2)10-11-20(16-6-4-5-7-16)18-9-8-15(14(3)21)12-17(18)19/h8-9,12-14,16,21H,4-7,10-11H2,1-3H3/t14-/m1/s1. The van der Waals surface area contributed by atoms with Gasteiger partial charge in [0.05, 0.1) is 11.8 Å². The normalized spacial score (nSPS) is 17.4. The molecule has 0 heterocycles. The van der Waals surface area contributed by atoms with E-state index in [-0.39, 0.29) is 5.82 Å². The van der Waals surface area contributed by atoms with Crippen LogP contribution in [0.4, 0.5) is 10.1 Å². The Morgan fingerprint density at radius 1 is 1.24 bits per heavy atom. The van der Waals surface area contributed by atoms with Crippen LogP contribution < -0.4 is 4.90 Å². The smallest absolute Gasteiger partial charge is 0.146 e. The summed E-state index contributed by atoms with van der Waals surface area (Å²) in [6.45, 7) is 6.99. The van der Waals surface area contributed by atoms with Crippen LogP contribution >= 0.6 is 0 Å². The molecule has 3 heteroatoms. The number of hydrogen-bond acceptors (Lipinski definition) is 2. The van der Waals surface area contributed by atoms with E-state index in [1.807, 2.05) is 12.1 Å². The van der Waals surface area contributed by atoms with Gasteiger partial charge in [-0.15, -0.1) is 0 Å². The molecule has 2 nitrogen and oxygen atoms in total. The van der Waals surface area contributed by atoms with Gasteiger partial charge in [-0.05, 0) is 49.8 Å². The molecule has 118 valence electrons. The van der Waals surface area contributed by atoms with Crippen molar-refractivity contribution in [3.05, 3.63) is 29.6 Å². The Kier molecular flexibility index (Phi) is 5.63. The van der Waals surface area contributed by atoms with Gasteiger partial charge in [0.25, 0.3) is 0 Å². The predicted molar refractivity (Wildman–Crippen MR) is 86.1 cm³/mol. The van der Waals surface area contributed by atoms with Gasteiger partial charge >= 0.3 is 0 Å². The summed E-state index contributed by atoms with van der Waals surface area (Å²) >= 11 is 0. The zero-order valence-electron chi connectivity index (χ0n) is 13.5. The number of rotatable bonds is 6. The fourth-order valence-electron chi connectivity index (χ4n) is 3.13. The van der Waals surface area contributed by atoms with Gasteiger partial charge in [-0.2, -0.15) is 0 Å². The average molecular weight is 293 g/mol. The second kappa shape index (κ2) is 7.26. The Bertz CT molecular complexity index is 453. The van der Waals surface area contributed by atoms with Crippen LogP contribution in [0.25, 0.3) is 0 Å². The molecule has 0 unspecified atom stereocenters. The van der Waals surface area contributed by atoms with Gasteiger partial charge in [0.2, 0.25) is 0 Å². The Morgan fingerprint density at radius 2 is 1.90 bits per heavy atom. The van der Waals surface area contributed by atoms with Gasteiger partial charge < -0.3 is 10.0 Å². The van der Waals surface area contributed by atoms with Crippen LogP contribution in [-0.2, 0) is 0 Å². The highest BCUT2D eigenvalue weighted by Crippen LogP contribution is 2.31. The van der Waals surface area contributed by atoms with Crippen LogP contribution in [0.5, 0.6) is 0 Å². The van der Waals surface area contributed by atoms with Crippen molar-refractivity contribution in [3.63, 3.8) is 0 Å². The van der Waals surface area contributed by atoms with Gasteiger partial charge in [-0.1, -0.05) is 32.8 Å². The number of halogens is 1. The highest BCUT2D eigenvalue weighted by atomic mass is 19.1. The highest BCUT2D eigenvalue weighted by molar-refractivity contribution is 5.50. The predicted octanol–water partition coefficient (Wildman–Crippen LogP) is 4.67. The molecule has 1 atom stereocenters. The van der Waals surface area contributed by atoms with Crippen molar-refractivity contribution < 1.29 is 9.50 Å². The Labute approximate surface area is 128 Å². The molecule has 1 N–H and O–H groups in total. The van der Waals surface area contributed by atoms with E-state index in [9.17, 15) is 9.50 Å². The Balaban J connectivity index is 2.22. The van der Waals surface area contributed by atoms with Crippen molar-refractivity contribution in [2.75, 3.05) is 11.4 Å². The summed E-state index contributed by atoms with van der Waals surface area (Å²) in [6.07, 6.45) is 5.27. The van der Waals surface area contributed by atoms with E-state index in [4.69, 9.17) is 0 Å². The summed E-state index contributed by atoms with van der Waals surface area (Å²) in [7, 11) is 0. The Hall–Kier alpha value is -1.09. The summed E-state index contributed by atoms with van der Waals surface area (Å²) in [5.74, 6) is 0.415. The fourth-order valence-corrected chi connectivity index (χ4v) is 3.13. The molecule has 1 saturated carbocycles. The lowest BCUT2D eigenvalue weighted by molar-refractivity contribution is 0.199. The zero-order chi connectivity index (χ0) is 15.4. The maximum absolute atomic E-state index is 14.5. The van der Waals surface area contributed by atoms with Crippen molar-refractivity contribution in [2.45, 2.75) is 65.0 Å². The second-order valence-corrected chi connectivity index (χ2v) is 6.70. The van der Waals surface area contributed by atoms with E-state index in [1.165, 1.54) is 18.9 Å². The number of aliphatic hydroxyl groups is 1. The maximum Gasteiger partial charge on any atom is 0.146 e. The monoisotopic (exact) mass is 293 g/mol. The van der Waals surface area contributed by atoms with E-state index >= 15 is 0 Å². The number of aliphatic hydroxyl groups excluding tert-OH is 1. The number of hydrogen-bond donors (Lipinski definition) is 1. The van der Waals surface area contributed by atoms with Crippen LogP contribution in [0.3, 0.4) is 0 Å².